The van der Waals surface area contributed by atoms with E-state index in [-0.39, 0.29) is 11.8 Å². The second-order valence-corrected chi connectivity index (χ2v) is 5.35. The van der Waals surface area contributed by atoms with Crippen molar-refractivity contribution in [2.75, 3.05) is 5.73 Å². The van der Waals surface area contributed by atoms with Crippen LogP contribution < -0.4 is 11.1 Å². The number of nitrogens with two attached hydrogens (primary N) is 1. The van der Waals surface area contributed by atoms with Crippen molar-refractivity contribution in [3.8, 4) is 0 Å². The van der Waals surface area contributed by atoms with Gasteiger partial charge in [-0.3, -0.25) is 9.78 Å². The van der Waals surface area contributed by atoms with E-state index in [9.17, 15) is 4.79 Å². The molecule has 21 heavy (non-hydrogen) atoms. The molecule has 2 aromatic heterocycles. The lowest BCUT2D eigenvalue weighted by molar-refractivity contribution is 0.0950. The molecule has 0 aliphatic rings. The van der Waals surface area contributed by atoms with E-state index < -0.39 is 0 Å². The first-order chi connectivity index (χ1) is 9.97. The molecule has 110 valence electrons. The Morgan fingerprint density at radius 1 is 1.38 bits per heavy atom. The highest BCUT2D eigenvalue weighted by atomic mass is 16.1. The van der Waals surface area contributed by atoms with Crippen LogP contribution in [0.25, 0.3) is 0 Å². The Labute approximate surface area is 124 Å². The number of aryl methyl sites for hydroxylation is 1. The van der Waals surface area contributed by atoms with Gasteiger partial charge in [-0.2, -0.15) is 0 Å². The smallest absolute Gasteiger partial charge is 0.251 e. The molecule has 5 nitrogen and oxygen atoms in total. The number of hydrogen-bond donors (Lipinski definition) is 2. The molecule has 0 spiro atoms. The lowest BCUT2D eigenvalue weighted by atomic mass is 10.1. The second kappa shape index (κ2) is 6.35. The molecule has 0 radical (unpaired) electrons. The molecule has 1 amide bonds. The van der Waals surface area contributed by atoms with Gasteiger partial charge in [0.2, 0.25) is 0 Å². The molecule has 0 bridgehead atoms. The van der Waals surface area contributed by atoms with Crippen molar-refractivity contribution in [1.82, 2.24) is 15.3 Å². The molecular formula is C16H20N4O. The van der Waals surface area contributed by atoms with Crippen LogP contribution in [-0.2, 0) is 6.54 Å². The fourth-order valence-electron chi connectivity index (χ4n) is 1.98. The standard InChI is InChI=1S/C16H20N4O/c1-10(2)14-6-13(7-15(17)20-14)16(21)19-9-12-4-5-18-8-11(12)3/h4-8,10H,9H2,1-3H3,(H2,17,20)(H,19,21). The van der Waals surface area contributed by atoms with Crippen LogP contribution in [-0.4, -0.2) is 15.9 Å². The number of anilines is 1. The number of hydrogen-bond acceptors (Lipinski definition) is 4. The summed E-state index contributed by atoms with van der Waals surface area (Å²) in [5.41, 5.74) is 9.22. The average molecular weight is 284 g/mol. The summed E-state index contributed by atoms with van der Waals surface area (Å²) in [6, 6.07) is 5.28. The van der Waals surface area contributed by atoms with Gasteiger partial charge < -0.3 is 11.1 Å². The quantitative estimate of drug-likeness (QED) is 0.903. The Balaban J connectivity index is 2.12. The van der Waals surface area contributed by atoms with E-state index in [1.165, 1.54) is 0 Å². The van der Waals surface area contributed by atoms with Gasteiger partial charge in [0.25, 0.3) is 5.91 Å². The number of rotatable bonds is 4. The molecule has 0 saturated carbocycles. The molecule has 0 aliphatic heterocycles. The van der Waals surface area contributed by atoms with Crippen LogP contribution in [0, 0.1) is 6.92 Å². The van der Waals surface area contributed by atoms with E-state index in [4.69, 9.17) is 5.73 Å². The second-order valence-electron chi connectivity index (χ2n) is 5.35. The monoisotopic (exact) mass is 284 g/mol. The highest BCUT2D eigenvalue weighted by molar-refractivity contribution is 5.94. The fraction of sp³-hybridized carbons (Fsp3) is 0.312. The maximum Gasteiger partial charge on any atom is 0.251 e. The van der Waals surface area contributed by atoms with E-state index in [1.54, 1.807) is 24.5 Å². The topological polar surface area (TPSA) is 80.9 Å². The molecule has 5 heteroatoms. The van der Waals surface area contributed by atoms with Gasteiger partial charge in [-0.05, 0) is 42.2 Å². The number of nitrogens with zero attached hydrogens (tertiary/aromatic N) is 2. The summed E-state index contributed by atoms with van der Waals surface area (Å²) >= 11 is 0. The molecule has 2 rings (SSSR count). The summed E-state index contributed by atoms with van der Waals surface area (Å²) in [6.45, 7) is 6.47. The summed E-state index contributed by atoms with van der Waals surface area (Å²) in [6.07, 6.45) is 3.50. The van der Waals surface area contributed by atoms with Crippen LogP contribution in [0.2, 0.25) is 0 Å². The van der Waals surface area contributed by atoms with Crippen LogP contribution >= 0.6 is 0 Å². The normalized spacial score (nSPS) is 10.7. The van der Waals surface area contributed by atoms with Gasteiger partial charge in [-0.15, -0.1) is 0 Å². The van der Waals surface area contributed by atoms with Gasteiger partial charge in [0.15, 0.2) is 0 Å². The zero-order chi connectivity index (χ0) is 15.4. The van der Waals surface area contributed by atoms with Crippen molar-refractivity contribution in [2.45, 2.75) is 33.2 Å². The van der Waals surface area contributed by atoms with Crippen molar-refractivity contribution in [3.63, 3.8) is 0 Å². The van der Waals surface area contributed by atoms with Crippen LogP contribution in [0.4, 0.5) is 5.82 Å². The maximum atomic E-state index is 12.2. The minimum Gasteiger partial charge on any atom is -0.384 e. The van der Waals surface area contributed by atoms with E-state index in [1.807, 2.05) is 26.8 Å². The first-order valence-electron chi connectivity index (χ1n) is 6.92. The third-order valence-corrected chi connectivity index (χ3v) is 3.29. The number of carbonyl (C=O) groups excluding carboxylic acids is 1. The molecule has 3 N–H and O–H groups in total. The molecule has 0 saturated heterocycles. The van der Waals surface area contributed by atoms with Crippen molar-refractivity contribution >= 4 is 11.7 Å². The number of nitrogen functional groups attached to an aromatic ring is 1. The van der Waals surface area contributed by atoms with Crippen LogP contribution in [0.15, 0.2) is 30.6 Å². The van der Waals surface area contributed by atoms with Gasteiger partial charge in [0.1, 0.15) is 5.82 Å². The molecule has 0 unspecified atom stereocenters. The Kier molecular flexibility index (Phi) is 4.52. The summed E-state index contributed by atoms with van der Waals surface area (Å²) in [7, 11) is 0. The van der Waals surface area contributed by atoms with Crippen LogP contribution in [0.5, 0.6) is 0 Å². The Bertz CT molecular complexity index is 652. The molecule has 0 aliphatic carbocycles. The van der Waals surface area contributed by atoms with E-state index in [0.717, 1.165) is 16.8 Å². The molecule has 0 fully saturated rings. The number of pyridine rings is 2. The predicted octanol–water partition coefficient (Wildman–Crippen LogP) is 2.42. The number of carbonyl (C=O) groups is 1. The Morgan fingerprint density at radius 2 is 2.14 bits per heavy atom. The van der Waals surface area contributed by atoms with Gasteiger partial charge >= 0.3 is 0 Å². The molecule has 2 aromatic rings. The minimum absolute atomic E-state index is 0.151. The predicted molar refractivity (Wildman–Crippen MR) is 82.9 cm³/mol. The van der Waals surface area contributed by atoms with Crippen molar-refractivity contribution in [3.05, 3.63) is 53.0 Å². The summed E-state index contributed by atoms with van der Waals surface area (Å²) in [5.74, 6) is 0.441. The minimum atomic E-state index is -0.151. The lowest BCUT2D eigenvalue weighted by Crippen LogP contribution is -2.23. The van der Waals surface area contributed by atoms with Gasteiger partial charge in [-0.25, -0.2) is 4.98 Å². The average Bonchev–Trinajstić information content (AvgIpc) is 2.45. The van der Waals surface area contributed by atoms with E-state index >= 15 is 0 Å². The summed E-state index contributed by atoms with van der Waals surface area (Å²) < 4.78 is 0. The first kappa shape index (κ1) is 15.0. The number of aromatic nitrogens is 2. The van der Waals surface area contributed by atoms with Gasteiger partial charge in [0, 0.05) is 30.2 Å². The largest absolute Gasteiger partial charge is 0.384 e. The Morgan fingerprint density at radius 3 is 2.81 bits per heavy atom. The van der Waals surface area contributed by atoms with Crippen LogP contribution in [0.1, 0.15) is 46.9 Å². The zero-order valence-corrected chi connectivity index (χ0v) is 12.6. The van der Waals surface area contributed by atoms with Crippen molar-refractivity contribution < 1.29 is 4.79 Å². The Hall–Kier alpha value is -2.43. The van der Waals surface area contributed by atoms with Crippen molar-refractivity contribution in [2.24, 2.45) is 0 Å². The highest BCUT2D eigenvalue weighted by Gasteiger charge is 2.11. The summed E-state index contributed by atoms with van der Waals surface area (Å²) in [4.78, 5) is 20.5. The van der Waals surface area contributed by atoms with E-state index in [2.05, 4.69) is 15.3 Å². The van der Waals surface area contributed by atoms with Crippen LogP contribution in [0.3, 0.4) is 0 Å². The molecular weight excluding hydrogens is 264 g/mol. The molecule has 0 aromatic carbocycles. The third kappa shape index (κ3) is 3.78. The van der Waals surface area contributed by atoms with Crippen molar-refractivity contribution in [1.29, 1.82) is 0 Å². The fourth-order valence-corrected chi connectivity index (χ4v) is 1.98. The van der Waals surface area contributed by atoms with E-state index in [0.29, 0.717) is 17.9 Å². The number of nitrogens with one attached hydrogen (secondary N) is 1. The SMILES string of the molecule is Cc1cnccc1CNC(=O)c1cc(N)nc(C(C)C)c1. The number of amides is 1. The molecule has 0 atom stereocenters. The summed E-state index contributed by atoms with van der Waals surface area (Å²) in [5, 5.41) is 2.90. The maximum absolute atomic E-state index is 12.2. The highest BCUT2D eigenvalue weighted by Crippen LogP contribution is 2.16. The zero-order valence-electron chi connectivity index (χ0n) is 12.6. The van der Waals surface area contributed by atoms with Gasteiger partial charge in [0.05, 0.1) is 0 Å². The van der Waals surface area contributed by atoms with Gasteiger partial charge in [-0.1, -0.05) is 13.8 Å². The molecule has 2 heterocycles. The third-order valence-electron chi connectivity index (χ3n) is 3.29. The first-order valence-corrected chi connectivity index (χ1v) is 6.92. The lowest BCUT2D eigenvalue weighted by Gasteiger charge is -2.10.